The zero-order chi connectivity index (χ0) is 12.1. The number of nitrogens with one attached hydrogen (secondary N) is 1. The Bertz CT molecular complexity index is 413. The Balaban J connectivity index is 0.00000162. The lowest BCUT2D eigenvalue weighted by atomic mass is 10.00. The van der Waals surface area contributed by atoms with E-state index in [1.165, 1.54) is 0 Å². The summed E-state index contributed by atoms with van der Waals surface area (Å²) in [5, 5.41) is 22.0. The van der Waals surface area contributed by atoms with Crippen molar-refractivity contribution in [2.24, 2.45) is 0 Å². The Kier molecular flexibility index (Phi) is 6.10. The molecular formula is C13H18ClN3O. The van der Waals surface area contributed by atoms with Crippen LogP contribution in [0.4, 0.5) is 0 Å². The van der Waals surface area contributed by atoms with Crippen LogP contribution in [-0.2, 0) is 0 Å². The van der Waals surface area contributed by atoms with E-state index in [9.17, 15) is 5.11 Å². The molecule has 1 aromatic carbocycles. The number of nitrogens with zero attached hydrogens (tertiary/aromatic N) is 2. The number of hydrogen-bond acceptors (Lipinski definition) is 4. The summed E-state index contributed by atoms with van der Waals surface area (Å²) >= 11 is 0. The first kappa shape index (κ1) is 14.9. The first-order chi connectivity index (χ1) is 8.36. The Morgan fingerprint density at radius 1 is 1.33 bits per heavy atom. The summed E-state index contributed by atoms with van der Waals surface area (Å²) in [5.41, 5.74) is 1.59. The van der Waals surface area contributed by atoms with Gasteiger partial charge in [0, 0.05) is 26.2 Å². The minimum atomic E-state index is -0.0621. The van der Waals surface area contributed by atoms with Crippen LogP contribution in [-0.4, -0.2) is 42.8 Å². The van der Waals surface area contributed by atoms with Gasteiger partial charge < -0.3 is 10.4 Å². The van der Waals surface area contributed by atoms with Crippen molar-refractivity contribution >= 4 is 12.4 Å². The molecule has 2 N–H and O–H groups in total. The summed E-state index contributed by atoms with van der Waals surface area (Å²) in [6.07, 6.45) is 0. The number of rotatable bonds is 3. The lowest BCUT2D eigenvalue weighted by Gasteiger charge is -2.34. The van der Waals surface area contributed by atoms with Gasteiger partial charge in [0.2, 0.25) is 0 Å². The van der Waals surface area contributed by atoms with E-state index in [0.29, 0.717) is 5.56 Å². The molecule has 0 unspecified atom stereocenters. The van der Waals surface area contributed by atoms with Crippen LogP contribution < -0.4 is 5.32 Å². The molecule has 0 aliphatic carbocycles. The van der Waals surface area contributed by atoms with Crippen LogP contribution in [0.25, 0.3) is 0 Å². The fourth-order valence-electron chi connectivity index (χ4n) is 2.29. The molecule has 0 spiro atoms. The Morgan fingerprint density at radius 2 is 2.00 bits per heavy atom. The molecule has 0 amide bonds. The third kappa shape index (κ3) is 3.21. The summed E-state index contributed by atoms with van der Waals surface area (Å²) in [6, 6.07) is 9.64. The van der Waals surface area contributed by atoms with Crippen LogP contribution in [0.5, 0.6) is 0 Å². The van der Waals surface area contributed by atoms with Crippen LogP contribution in [0.15, 0.2) is 24.3 Å². The maximum atomic E-state index is 9.58. The summed E-state index contributed by atoms with van der Waals surface area (Å²) < 4.78 is 0. The van der Waals surface area contributed by atoms with E-state index in [-0.39, 0.29) is 25.1 Å². The number of hydrogen-bond donors (Lipinski definition) is 2. The molecule has 1 saturated heterocycles. The topological polar surface area (TPSA) is 59.3 Å². The highest BCUT2D eigenvalue weighted by Crippen LogP contribution is 2.23. The van der Waals surface area contributed by atoms with Gasteiger partial charge in [-0.05, 0) is 11.6 Å². The third-order valence-electron chi connectivity index (χ3n) is 3.21. The number of halogens is 1. The molecule has 1 fully saturated rings. The molecule has 98 valence electrons. The van der Waals surface area contributed by atoms with Crippen molar-refractivity contribution < 1.29 is 5.11 Å². The predicted molar refractivity (Wildman–Crippen MR) is 72.7 cm³/mol. The fraction of sp³-hybridized carbons (Fsp3) is 0.462. The summed E-state index contributed by atoms with van der Waals surface area (Å²) in [6.45, 7) is 3.74. The predicted octanol–water partition coefficient (Wildman–Crippen LogP) is 0.919. The molecule has 1 aliphatic heterocycles. The summed E-state index contributed by atoms with van der Waals surface area (Å²) in [7, 11) is 0. The zero-order valence-electron chi connectivity index (χ0n) is 10.2. The second-order valence-corrected chi connectivity index (χ2v) is 4.18. The largest absolute Gasteiger partial charge is 0.394 e. The second-order valence-electron chi connectivity index (χ2n) is 4.18. The van der Waals surface area contributed by atoms with Crippen LogP contribution in [0.2, 0.25) is 0 Å². The zero-order valence-corrected chi connectivity index (χ0v) is 11.0. The highest BCUT2D eigenvalue weighted by atomic mass is 35.5. The monoisotopic (exact) mass is 267 g/mol. The highest BCUT2D eigenvalue weighted by molar-refractivity contribution is 5.85. The van der Waals surface area contributed by atoms with Crippen molar-refractivity contribution in [3.63, 3.8) is 0 Å². The van der Waals surface area contributed by atoms with Crippen LogP contribution >= 0.6 is 12.4 Å². The lowest BCUT2D eigenvalue weighted by Crippen LogP contribution is -2.46. The maximum absolute atomic E-state index is 9.58. The van der Waals surface area contributed by atoms with Gasteiger partial charge in [0.25, 0.3) is 0 Å². The van der Waals surface area contributed by atoms with Gasteiger partial charge in [0.15, 0.2) is 0 Å². The van der Waals surface area contributed by atoms with Crippen molar-refractivity contribution in [2.75, 3.05) is 32.8 Å². The maximum Gasteiger partial charge on any atom is 0.0995 e. The number of aliphatic hydroxyl groups is 1. The van der Waals surface area contributed by atoms with Gasteiger partial charge in [-0.2, -0.15) is 5.26 Å². The van der Waals surface area contributed by atoms with E-state index in [0.717, 1.165) is 31.7 Å². The molecule has 18 heavy (non-hydrogen) atoms. The SMILES string of the molecule is Cl.N#Cc1ccccc1[C@@H](CO)N1CCNCC1. The van der Waals surface area contributed by atoms with Gasteiger partial charge >= 0.3 is 0 Å². The van der Waals surface area contributed by atoms with E-state index in [1.54, 1.807) is 6.07 Å². The van der Waals surface area contributed by atoms with Crippen molar-refractivity contribution in [3.05, 3.63) is 35.4 Å². The van der Waals surface area contributed by atoms with E-state index < -0.39 is 0 Å². The molecule has 4 nitrogen and oxygen atoms in total. The van der Waals surface area contributed by atoms with Crippen LogP contribution in [0.1, 0.15) is 17.2 Å². The lowest BCUT2D eigenvalue weighted by molar-refractivity contribution is 0.110. The molecule has 2 rings (SSSR count). The molecule has 0 radical (unpaired) electrons. The average molecular weight is 268 g/mol. The van der Waals surface area contributed by atoms with E-state index in [4.69, 9.17) is 5.26 Å². The first-order valence-corrected chi connectivity index (χ1v) is 5.91. The van der Waals surface area contributed by atoms with Crippen molar-refractivity contribution in [3.8, 4) is 6.07 Å². The Morgan fingerprint density at radius 3 is 2.61 bits per heavy atom. The van der Waals surface area contributed by atoms with Gasteiger partial charge in [0.05, 0.1) is 24.3 Å². The van der Waals surface area contributed by atoms with Gasteiger partial charge in [-0.25, -0.2) is 0 Å². The van der Waals surface area contributed by atoms with Gasteiger partial charge in [-0.1, -0.05) is 18.2 Å². The smallest absolute Gasteiger partial charge is 0.0995 e. The van der Waals surface area contributed by atoms with E-state index in [1.807, 2.05) is 18.2 Å². The molecule has 0 aromatic heterocycles. The van der Waals surface area contributed by atoms with Crippen molar-refractivity contribution in [1.82, 2.24) is 10.2 Å². The third-order valence-corrected chi connectivity index (χ3v) is 3.21. The number of nitriles is 1. The number of aliphatic hydroxyl groups excluding tert-OH is 1. The molecule has 1 aliphatic rings. The van der Waals surface area contributed by atoms with E-state index >= 15 is 0 Å². The Labute approximate surface area is 114 Å². The summed E-state index contributed by atoms with van der Waals surface area (Å²) in [4.78, 5) is 2.23. The quantitative estimate of drug-likeness (QED) is 0.855. The Hall–Kier alpha value is -1.12. The molecule has 5 heteroatoms. The van der Waals surface area contributed by atoms with Gasteiger partial charge in [0.1, 0.15) is 0 Å². The van der Waals surface area contributed by atoms with Crippen LogP contribution in [0, 0.1) is 11.3 Å². The summed E-state index contributed by atoms with van der Waals surface area (Å²) in [5.74, 6) is 0. The van der Waals surface area contributed by atoms with Crippen molar-refractivity contribution in [2.45, 2.75) is 6.04 Å². The standard InChI is InChI=1S/C13H17N3O.ClH/c14-9-11-3-1-2-4-12(11)13(10-17)16-7-5-15-6-8-16;/h1-4,13,15,17H,5-8,10H2;1H/t13-;/m1./s1. The molecule has 1 atom stereocenters. The van der Waals surface area contributed by atoms with E-state index in [2.05, 4.69) is 16.3 Å². The number of piperazine rings is 1. The van der Waals surface area contributed by atoms with Gasteiger partial charge in [-0.15, -0.1) is 12.4 Å². The number of benzene rings is 1. The van der Waals surface area contributed by atoms with Crippen molar-refractivity contribution in [1.29, 1.82) is 5.26 Å². The molecule has 1 aromatic rings. The minimum absolute atomic E-state index is 0. The van der Waals surface area contributed by atoms with Gasteiger partial charge in [-0.3, -0.25) is 4.90 Å². The minimum Gasteiger partial charge on any atom is -0.394 e. The van der Waals surface area contributed by atoms with Crippen LogP contribution in [0.3, 0.4) is 0 Å². The molecule has 0 bridgehead atoms. The first-order valence-electron chi connectivity index (χ1n) is 5.91. The second kappa shape index (κ2) is 7.34. The average Bonchev–Trinajstić information content (AvgIpc) is 2.41. The fourth-order valence-corrected chi connectivity index (χ4v) is 2.29. The molecular weight excluding hydrogens is 250 g/mol. The molecule has 1 heterocycles. The normalized spacial score (nSPS) is 17.6. The highest BCUT2D eigenvalue weighted by Gasteiger charge is 2.23. The molecule has 0 saturated carbocycles.